The summed E-state index contributed by atoms with van der Waals surface area (Å²) in [5.74, 6) is -1.10. The molecular weight excluding hydrogens is 469 g/mol. The molecule has 1 unspecified atom stereocenters. The number of benzene rings is 2. The minimum atomic E-state index is -3.56. The Bertz CT molecular complexity index is 1110. The largest absolute Gasteiger partial charge is 0.354 e. The number of nitrogens with one attached hydrogen (secondary N) is 1. The van der Waals surface area contributed by atoms with Crippen LogP contribution in [0.4, 0.5) is 10.1 Å². The van der Waals surface area contributed by atoms with Crippen LogP contribution in [0.1, 0.15) is 50.7 Å². The van der Waals surface area contributed by atoms with Gasteiger partial charge in [-0.1, -0.05) is 49.7 Å². The van der Waals surface area contributed by atoms with Crippen molar-refractivity contribution in [1.29, 1.82) is 0 Å². The monoisotopic (exact) mass is 505 g/mol. The maximum atomic E-state index is 14.3. The Morgan fingerprint density at radius 1 is 1.06 bits per heavy atom. The van der Waals surface area contributed by atoms with Crippen molar-refractivity contribution >= 4 is 27.5 Å². The Hall–Kier alpha value is -2.94. The molecule has 0 aliphatic heterocycles. The molecule has 0 aliphatic carbocycles. The van der Waals surface area contributed by atoms with Crippen molar-refractivity contribution in [3.05, 3.63) is 65.5 Å². The molecule has 2 amide bonds. The second kappa shape index (κ2) is 13.2. The lowest BCUT2D eigenvalue weighted by molar-refractivity contribution is -0.140. The Balaban J connectivity index is 2.16. The van der Waals surface area contributed by atoms with Gasteiger partial charge in [-0.05, 0) is 44.4 Å². The highest BCUT2D eigenvalue weighted by molar-refractivity contribution is 7.92. The minimum Gasteiger partial charge on any atom is -0.354 e. The maximum absolute atomic E-state index is 14.3. The fourth-order valence-corrected chi connectivity index (χ4v) is 4.78. The zero-order chi connectivity index (χ0) is 26.0. The highest BCUT2D eigenvalue weighted by atomic mass is 32.2. The standard InChI is InChI=1S/C26H36FN3O4S/c1-5-6-17-28-26(32)21(3)29(19-22-13-8-9-14-23(22)27)25(31)16-11-18-30(35(4,33)34)24-15-10-7-12-20(24)2/h7-10,12-15,21H,5-6,11,16-19H2,1-4H3,(H,28,32). The van der Waals surface area contributed by atoms with E-state index >= 15 is 0 Å². The molecule has 1 atom stereocenters. The van der Waals surface area contributed by atoms with Crippen molar-refractivity contribution in [3.8, 4) is 0 Å². The Morgan fingerprint density at radius 3 is 2.34 bits per heavy atom. The first kappa shape index (κ1) is 28.3. The SMILES string of the molecule is CCCCNC(=O)C(C)N(Cc1ccccc1F)C(=O)CCCN(c1ccccc1C)S(C)(=O)=O. The van der Waals surface area contributed by atoms with Crippen LogP contribution in [-0.4, -0.2) is 50.5 Å². The van der Waals surface area contributed by atoms with Gasteiger partial charge in [0.2, 0.25) is 21.8 Å². The van der Waals surface area contributed by atoms with E-state index in [9.17, 15) is 22.4 Å². The summed E-state index contributed by atoms with van der Waals surface area (Å²) in [6.45, 7) is 6.02. The van der Waals surface area contributed by atoms with Crippen molar-refractivity contribution in [1.82, 2.24) is 10.2 Å². The quantitative estimate of drug-likeness (QED) is 0.417. The maximum Gasteiger partial charge on any atom is 0.242 e. The number of unbranched alkanes of at least 4 members (excludes halogenated alkanes) is 1. The van der Waals surface area contributed by atoms with Gasteiger partial charge in [0, 0.05) is 31.6 Å². The van der Waals surface area contributed by atoms with Gasteiger partial charge in [0.15, 0.2) is 0 Å². The molecule has 1 N–H and O–H groups in total. The molecule has 0 aromatic heterocycles. The normalized spacial score (nSPS) is 12.1. The molecule has 0 radical (unpaired) electrons. The van der Waals surface area contributed by atoms with Crippen LogP contribution in [0.5, 0.6) is 0 Å². The topological polar surface area (TPSA) is 86.8 Å². The average molecular weight is 506 g/mol. The number of amides is 2. The number of nitrogens with zero attached hydrogens (tertiary/aromatic N) is 2. The number of rotatable bonds is 13. The lowest BCUT2D eigenvalue weighted by Crippen LogP contribution is -2.48. The van der Waals surface area contributed by atoms with Gasteiger partial charge in [0.25, 0.3) is 0 Å². The second-order valence-corrected chi connectivity index (χ2v) is 10.6. The minimum absolute atomic E-state index is 0.0128. The van der Waals surface area contributed by atoms with E-state index in [0.29, 0.717) is 17.8 Å². The molecule has 35 heavy (non-hydrogen) atoms. The molecule has 0 saturated carbocycles. The summed E-state index contributed by atoms with van der Waals surface area (Å²) in [6.07, 6.45) is 3.13. The van der Waals surface area contributed by atoms with E-state index in [-0.39, 0.29) is 37.7 Å². The van der Waals surface area contributed by atoms with Crippen LogP contribution in [0.2, 0.25) is 0 Å². The van der Waals surface area contributed by atoms with Gasteiger partial charge in [-0.2, -0.15) is 0 Å². The molecule has 9 heteroatoms. The number of carbonyl (C=O) groups is 2. The lowest BCUT2D eigenvalue weighted by Gasteiger charge is -2.29. The van der Waals surface area contributed by atoms with Crippen LogP contribution in [-0.2, 0) is 26.2 Å². The third kappa shape index (κ3) is 8.35. The number of sulfonamides is 1. The van der Waals surface area contributed by atoms with Gasteiger partial charge in [-0.25, -0.2) is 12.8 Å². The molecule has 0 spiro atoms. The molecule has 0 saturated heterocycles. The molecular formula is C26H36FN3O4S. The highest BCUT2D eigenvalue weighted by Gasteiger charge is 2.27. The van der Waals surface area contributed by atoms with Crippen LogP contribution in [0.15, 0.2) is 48.5 Å². The van der Waals surface area contributed by atoms with Crippen molar-refractivity contribution in [2.24, 2.45) is 0 Å². The number of para-hydroxylation sites is 1. The summed E-state index contributed by atoms with van der Waals surface area (Å²) < 4.78 is 40.5. The van der Waals surface area contributed by atoms with Crippen LogP contribution >= 0.6 is 0 Å². The zero-order valence-electron chi connectivity index (χ0n) is 21.0. The molecule has 192 valence electrons. The highest BCUT2D eigenvalue weighted by Crippen LogP contribution is 2.23. The lowest BCUT2D eigenvalue weighted by atomic mass is 10.1. The van der Waals surface area contributed by atoms with Crippen LogP contribution in [0.25, 0.3) is 0 Å². The van der Waals surface area contributed by atoms with Gasteiger partial charge in [0.05, 0.1) is 11.9 Å². The number of hydrogen-bond donors (Lipinski definition) is 1. The summed E-state index contributed by atoms with van der Waals surface area (Å²) in [6, 6.07) is 12.5. The van der Waals surface area contributed by atoms with E-state index in [1.54, 1.807) is 37.3 Å². The molecule has 2 aromatic rings. The van der Waals surface area contributed by atoms with E-state index < -0.39 is 21.9 Å². The molecule has 0 fully saturated rings. The Morgan fingerprint density at radius 2 is 1.71 bits per heavy atom. The fraction of sp³-hybridized carbons (Fsp3) is 0.462. The molecule has 0 heterocycles. The second-order valence-electron chi connectivity index (χ2n) is 8.66. The number of hydrogen-bond acceptors (Lipinski definition) is 4. The van der Waals surface area contributed by atoms with E-state index in [4.69, 9.17) is 0 Å². The number of anilines is 1. The molecule has 0 bridgehead atoms. The van der Waals surface area contributed by atoms with Crippen molar-refractivity contribution < 1.29 is 22.4 Å². The van der Waals surface area contributed by atoms with Gasteiger partial charge in [-0.3, -0.25) is 13.9 Å². The summed E-state index contributed by atoms with van der Waals surface area (Å²) in [7, 11) is -3.56. The van der Waals surface area contributed by atoms with Crippen molar-refractivity contribution in [2.75, 3.05) is 23.7 Å². The number of carbonyl (C=O) groups excluding carboxylic acids is 2. The first-order valence-corrected chi connectivity index (χ1v) is 13.7. The molecule has 2 rings (SSSR count). The van der Waals surface area contributed by atoms with E-state index in [1.165, 1.54) is 15.3 Å². The van der Waals surface area contributed by atoms with Gasteiger partial charge < -0.3 is 10.2 Å². The third-order valence-electron chi connectivity index (χ3n) is 5.83. The van der Waals surface area contributed by atoms with E-state index in [2.05, 4.69) is 5.32 Å². The smallest absolute Gasteiger partial charge is 0.242 e. The van der Waals surface area contributed by atoms with E-state index in [1.807, 2.05) is 26.0 Å². The van der Waals surface area contributed by atoms with Gasteiger partial charge >= 0.3 is 0 Å². The van der Waals surface area contributed by atoms with Gasteiger partial charge in [-0.15, -0.1) is 0 Å². The van der Waals surface area contributed by atoms with Crippen LogP contribution in [0.3, 0.4) is 0 Å². The van der Waals surface area contributed by atoms with Crippen molar-refractivity contribution in [3.63, 3.8) is 0 Å². The number of aryl methyl sites for hydroxylation is 1. The summed E-state index contributed by atoms with van der Waals surface area (Å²) in [5, 5.41) is 2.83. The first-order chi connectivity index (χ1) is 16.6. The summed E-state index contributed by atoms with van der Waals surface area (Å²) in [5.41, 5.74) is 1.68. The van der Waals surface area contributed by atoms with Crippen molar-refractivity contribution in [2.45, 2.75) is 59.0 Å². The van der Waals surface area contributed by atoms with Crippen LogP contribution in [0, 0.1) is 12.7 Å². The zero-order valence-corrected chi connectivity index (χ0v) is 21.8. The average Bonchev–Trinajstić information content (AvgIpc) is 2.80. The Kier molecular flexibility index (Phi) is 10.7. The molecule has 7 nitrogen and oxygen atoms in total. The first-order valence-electron chi connectivity index (χ1n) is 11.9. The van der Waals surface area contributed by atoms with Gasteiger partial charge in [0.1, 0.15) is 11.9 Å². The van der Waals surface area contributed by atoms with E-state index in [0.717, 1.165) is 24.7 Å². The fourth-order valence-electron chi connectivity index (χ4n) is 3.75. The number of halogens is 1. The predicted molar refractivity (Wildman–Crippen MR) is 137 cm³/mol. The molecule has 0 aliphatic rings. The third-order valence-corrected chi connectivity index (χ3v) is 7.01. The predicted octanol–water partition coefficient (Wildman–Crippen LogP) is 4.01. The van der Waals surface area contributed by atoms with Crippen LogP contribution < -0.4 is 9.62 Å². The summed E-state index contributed by atoms with van der Waals surface area (Å²) >= 11 is 0. The molecule has 2 aromatic carbocycles. The Labute approximate surface area is 208 Å². The summed E-state index contributed by atoms with van der Waals surface area (Å²) in [4.78, 5) is 27.3.